The molecule has 132 valence electrons. The van der Waals surface area contributed by atoms with Crippen molar-refractivity contribution in [3.05, 3.63) is 11.8 Å². The summed E-state index contributed by atoms with van der Waals surface area (Å²) in [5.74, 6) is -0.140. The van der Waals surface area contributed by atoms with Gasteiger partial charge in [-0.25, -0.2) is 0 Å². The summed E-state index contributed by atoms with van der Waals surface area (Å²) in [6.07, 6.45) is 3.54. The van der Waals surface area contributed by atoms with Crippen molar-refractivity contribution in [2.75, 3.05) is 53.4 Å². The normalized spacial score (nSPS) is 20.7. The monoisotopic (exact) mass is 333 g/mol. The number of nitriles is 1. The summed E-state index contributed by atoms with van der Waals surface area (Å²) >= 11 is 0. The number of likely N-dealkylation sites (tertiary alicyclic amines) is 1. The van der Waals surface area contributed by atoms with E-state index >= 15 is 0 Å². The molecule has 0 aromatic heterocycles. The molecule has 2 rings (SSSR count). The van der Waals surface area contributed by atoms with Crippen molar-refractivity contribution >= 4 is 11.8 Å². The highest BCUT2D eigenvalue weighted by Gasteiger charge is 2.26. The summed E-state index contributed by atoms with van der Waals surface area (Å²) < 4.78 is 0. The van der Waals surface area contributed by atoms with Crippen LogP contribution in [0.3, 0.4) is 0 Å². The van der Waals surface area contributed by atoms with E-state index in [1.807, 2.05) is 11.0 Å². The summed E-state index contributed by atoms with van der Waals surface area (Å²) in [4.78, 5) is 31.7. The number of piperazine rings is 1. The van der Waals surface area contributed by atoms with Crippen LogP contribution in [0.4, 0.5) is 0 Å². The van der Waals surface area contributed by atoms with E-state index in [2.05, 4.69) is 11.9 Å². The molecule has 2 aliphatic heterocycles. The van der Waals surface area contributed by atoms with Crippen molar-refractivity contribution in [2.24, 2.45) is 0 Å². The quantitative estimate of drug-likeness (QED) is 0.542. The number of hydrogen-bond donors (Lipinski definition) is 0. The first-order valence-corrected chi connectivity index (χ1v) is 8.49. The van der Waals surface area contributed by atoms with Gasteiger partial charge in [-0.1, -0.05) is 0 Å². The Morgan fingerprint density at radius 1 is 1.12 bits per heavy atom. The summed E-state index contributed by atoms with van der Waals surface area (Å²) in [7, 11) is 3.87. The van der Waals surface area contributed by atoms with Crippen LogP contribution >= 0.6 is 0 Å². The van der Waals surface area contributed by atoms with Gasteiger partial charge < -0.3 is 19.6 Å². The summed E-state index contributed by atoms with van der Waals surface area (Å²) in [6, 6.07) is 2.24. The highest BCUT2D eigenvalue weighted by Crippen LogP contribution is 2.16. The van der Waals surface area contributed by atoms with Crippen LogP contribution in [0.2, 0.25) is 0 Å². The average Bonchev–Trinajstić information content (AvgIpc) is 2.59. The Bertz CT molecular complexity index is 538. The molecule has 24 heavy (non-hydrogen) atoms. The Morgan fingerprint density at radius 2 is 1.71 bits per heavy atom. The summed E-state index contributed by atoms with van der Waals surface area (Å²) in [5.41, 5.74) is 0.174. The summed E-state index contributed by atoms with van der Waals surface area (Å²) in [5, 5.41) is 9.39. The Kier molecular flexibility index (Phi) is 6.21. The minimum atomic E-state index is -0.207. The molecule has 0 unspecified atom stereocenters. The first kappa shape index (κ1) is 18.3. The van der Waals surface area contributed by atoms with Gasteiger partial charge in [-0.3, -0.25) is 9.59 Å². The topological polar surface area (TPSA) is 70.9 Å². The number of rotatable bonds is 3. The third kappa shape index (κ3) is 4.48. The lowest BCUT2D eigenvalue weighted by molar-refractivity contribution is -0.130. The second kappa shape index (κ2) is 8.15. The molecule has 2 aliphatic rings. The molecular formula is C17H27N5O2. The molecule has 2 amide bonds. The smallest absolute Gasteiger partial charge is 0.265 e. The molecule has 7 heteroatoms. The Morgan fingerprint density at radius 3 is 2.21 bits per heavy atom. The molecule has 2 heterocycles. The standard InChI is InChI=1S/C17H27N5O2/c1-14(23)22-10-8-21(9-11-22)13-15(12-18)17(24)20(3)16-4-6-19(2)7-5-16/h13,16H,4-11H2,1-3H3/b15-13-. The van der Waals surface area contributed by atoms with Crippen molar-refractivity contribution in [2.45, 2.75) is 25.8 Å². The fourth-order valence-electron chi connectivity index (χ4n) is 3.22. The van der Waals surface area contributed by atoms with E-state index in [0.29, 0.717) is 26.2 Å². The van der Waals surface area contributed by atoms with Crippen LogP contribution in [0.5, 0.6) is 0 Å². The zero-order valence-corrected chi connectivity index (χ0v) is 14.9. The molecule has 7 nitrogen and oxygen atoms in total. The maximum atomic E-state index is 12.6. The van der Waals surface area contributed by atoms with Gasteiger partial charge in [0.25, 0.3) is 5.91 Å². The number of amides is 2. The Balaban J connectivity index is 1.96. The van der Waals surface area contributed by atoms with Crippen molar-refractivity contribution in [3.63, 3.8) is 0 Å². The number of carbonyl (C=O) groups is 2. The number of piperidine rings is 1. The minimum Gasteiger partial charge on any atom is -0.373 e. The van der Waals surface area contributed by atoms with Crippen LogP contribution in [0.15, 0.2) is 11.8 Å². The zero-order chi connectivity index (χ0) is 17.7. The molecule has 2 saturated heterocycles. The summed E-state index contributed by atoms with van der Waals surface area (Å²) in [6.45, 7) is 6.06. The van der Waals surface area contributed by atoms with Gasteiger partial charge >= 0.3 is 0 Å². The molecule has 0 aromatic carbocycles. The molecule has 0 aromatic rings. The lowest BCUT2D eigenvalue weighted by atomic mass is 10.0. The lowest BCUT2D eigenvalue weighted by Gasteiger charge is -2.36. The van der Waals surface area contributed by atoms with Gasteiger partial charge in [0.2, 0.25) is 5.91 Å². The molecular weight excluding hydrogens is 306 g/mol. The van der Waals surface area contributed by atoms with Crippen LogP contribution < -0.4 is 0 Å². The predicted molar refractivity (Wildman–Crippen MR) is 90.8 cm³/mol. The van der Waals surface area contributed by atoms with Gasteiger partial charge in [0, 0.05) is 52.4 Å². The number of hydrogen-bond acceptors (Lipinski definition) is 5. The zero-order valence-electron chi connectivity index (χ0n) is 14.9. The number of nitrogens with zero attached hydrogens (tertiary/aromatic N) is 5. The molecule has 0 spiro atoms. The average molecular weight is 333 g/mol. The van der Waals surface area contributed by atoms with Crippen LogP contribution in [0, 0.1) is 11.3 Å². The van der Waals surface area contributed by atoms with E-state index in [0.717, 1.165) is 25.9 Å². The van der Waals surface area contributed by atoms with Crippen LogP contribution in [-0.4, -0.2) is 90.8 Å². The fraction of sp³-hybridized carbons (Fsp3) is 0.706. The van der Waals surface area contributed by atoms with E-state index in [1.54, 1.807) is 30.0 Å². The predicted octanol–water partition coefficient (Wildman–Crippen LogP) is 0.111. The van der Waals surface area contributed by atoms with Gasteiger partial charge in [-0.05, 0) is 33.0 Å². The Hall–Kier alpha value is -2.07. The van der Waals surface area contributed by atoms with Crippen molar-refractivity contribution in [1.29, 1.82) is 5.26 Å². The maximum absolute atomic E-state index is 12.6. The van der Waals surface area contributed by atoms with Crippen molar-refractivity contribution < 1.29 is 9.59 Å². The Labute approximate surface area is 144 Å². The SMILES string of the molecule is CC(=O)N1CCN(/C=C(/C#N)C(=O)N(C)C2CCN(C)CC2)CC1. The van der Waals surface area contributed by atoms with Gasteiger partial charge in [0.1, 0.15) is 11.6 Å². The fourth-order valence-corrected chi connectivity index (χ4v) is 3.22. The van der Waals surface area contributed by atoms with Crippen LogP contribution in [-0.2, 0) is 9.59 Å². The third-order valence-electron chi connectivity index (χ3n) is 4.98. The van der Waals surface area contributed by atoms with E-state index in [9.17, 15) is 14.9 Å². The largest absolute Gasteiger partial charge is 0.373 e. The van der Waals surface area contributed by atoms with Gasteiger partial charge in [-0.15, -0.1) is 0 Å². The third-order valence-corrected chi connectivity index (χ3v) is 4.98. The van der Waals surface area contributed by atoms with E-state index in [4.69, 9.17) is 0 Å². The van der Waals surface area contributed by atoms with E-state index < -0.39 is 0 Å². The lowest BCUT2D eigenvalue weighted by Crippen LogP contribution is -2.47. The van der Waals surface area contributed by atoms with E-state index in [1.165, 1.54) is 0 Å². The maximum Gasteiger partial charge on any atom is 0.265 e. The molecule has 0 saturated carbocycles. The second-order valence-corrected chi connectivity index (χ2v) is 6.65. The van der Waals surface area contributed by atoms with Crippen LogP contribution in [0.1, 0.15) is 19.8 Å². The molecule has 0 atom stereocenters. The number of carbonyl (C=O) groups excluding carboxylic acids is 2. The first-order chi connectivity index (χ1) is 11.4. The van der Waals surface area contributed by atoms with Crippen molar-refractivity contribution in [3.8, 4) is 6.07 Å². The van der Waals surface area contributed by atoms with Gasteiger partial charge in [0.05, 0.1) is 0 Å². The minimum absolute atomic E-state index is 0.0669. The highest BCUT2D eigenvalue weighted by atomic mass is 16.2. The molecule has 2 fully saturated rings. The molecule has 0 N–H and O–H groups in total. The highest BCUT2D eigenvalue weighted by molar-refractivity contribution is 5.97. The van der Waals surface area contributed by atoms with Crippen LogP contribution in [0.25, 0.3) is 0 Å². The molecule has 0 radical (unpaired) electrons. The van der Waals surface area contributed by atoms with Crippen molar-refractivity contribution in [1.82, 2.24) is 19.6 Å². The second-order valence-electron chi connectivity index (χ2n) is 6.65. The number of likely N-dealkylation sites (N-methyl/N-ethyl adjacent to an activating group) is 1. The van der Waals surface area contributed by atoms with Gasteiger partial charge in [0.15, 0.2) is 0 Å². The molecule has 0 aliphatic carbocycles. The van der Waals surface area contributed by atoms with Gasteiger partial charge in [-0.2, -0.15) is 5.26 Å². The first-order valence-electron chi connectivity index (χ1n) is 8.49. The molecule has 0 bridgehead atoms. The van der Waals surface area contributed by atoms with E-state index in [-0.39, 0.29) is 23.4 Å².